The highest BCUT2D eigenvalue weighted by Gasteiger charge is 2.21. The van der Waals surface area contributed by atoms with Crippen LogP contribution >= 0.6 is 11.6 Å². The fourth-order valence-electron chi connectivity index (χ4n) is 2.93. The molecule has 0 aromatic heterocycles. The monoisotopic (exact) mass is 344 g/mol. The molecule has 1 heterocycles. The van der Waals surface area contributed by atoms with Crippen molar-refractivity contribution in [2.45, 2.75) is 19.8 Å². The number of para-hydroxylation sites is 1. The van der Waals surface area contributed by atoms with Crippen molar-refractivity contribution >= 4 is 23.3 Å². The minimum Gasteiger partial charge on any atom is -0.491 e. The van der Waals surface area contributed by atoms with Crippen molar-refractivity contribution in [3.05, 3.63) is 58.6 Å². The summed E-state index contributed by atoms with van der Waals surface area (Å²) in [7, 11) is 0. The molecule has 0 spiro atoms. The zero-order chi connectivity index (χ0) is 16.9. The molecule has 1 N–H and O–H groups in total. The van der Waals surface area contributed by atoms with E-state index in [1.807, 2.05) is 42.2 Å². The average Bonchev–Trinajstić information content (AvgIpc) is 2.59. The number of amides is 2. The van der Waals surface area contributed by atoms with Crippen molar-refractivity contribution in [1.82, 2.24) is 5.32 Å². The Morgan fingerprint density at radius 1 is 1.29 bits per heavy atom. The molecule has 0 radical (unpaired) electrons. The topological polar surface area (TPSA) is 41.6 Å². The Hall–Kier alpha value is -2.20. The highest BCUT2D eigenvalue weighted by atomic mass is 35.5. The van der Waals surface area contributed by atoms with Gasteiger partial charge < -0.3 is 10.1 Å². The number of nitrogens with one attached hydrogen (secondary N) is 1. The molecular formula is C19H21ClN2O2. The molecule has 0 unspecified atom stereocenters. The van der Waals surface area contributed by atoms with Crippen molar-refractivity contribution in [3.8, 4) is 5.75 Å². The first-order valence-corrected chi connectivity index (χ1v) is 8.55. The molecule has 0 saturated carbocycles. The molecule has 4 nitrogen and oxygen atoms in total. The zero-order valence-corrected chi connectivity index (χ0v) is 14.5. The Bertz CT molecular complexity index is 733. The predicted octanol–water partition coefficient (Wildman–Crippen LogP) is 4.19. The second kappa shape index (κ2) is 7.58. The molecule has 0 aliphatic carbocycles. The highest BCUT2D eigenvalue weighted by Crippen LogP contribution is 2.26. The molecule has 2 aromatic carbocycles. The first kappa shape index (κ1) is 16.7. The van der Waals surface area contributed by atoms with Crippen LogP contribution in [0.25, 0.3) is 0 Å². The van der Waals surface area contributed by atoms with Gasteiger partial charge in [-0.2, -0.15) is 0 Å². The van der Waals surface area contributed by atoms with Crippen LogP contribution in [-0.2, 0) is 6.42 Å². The van der Waals surface area contributed by atoms with Crippen LogP contribution in [0.4, 0.5) is 10.5 Å². The maximum Gasteiger partial charge on any atom is 0.321 e. The van der Waals surface area contributed by atoms with Gasteiger partial charge in [-0.05, 0) is 55.2 Å². The Kier molecular flexibility index (Phi) is 5.26. The molecular weight excluding hydrogens is 324 g/mol. The molecule has 126 valence electrons. The maximum absolute atomic E-state index is 12.4. The predicted molar refractivity (Wildman–Crippen MR) is 97.2 cm³/mol. The number of carbonyl (C=O) groups excluding carboxylic acids is 1. The van der Waals surface area contributed by atoms with Gasteiger partial charge in [0.25, 0.3) is 0 Å². The van der Waals surface area contributed by atoms with Gasteiger partial charge in [-0.1, -0.05) is 29.8 Å². The third-order valence-electron chi connectivity index (χ3n) is 4.13. The van der Waals surface area contributed by atoms with Gasteiger partial charge in [-0.15, -0.1) is 0 Å². The van der Waals surface area contributed by atoms with Crippen LogP contribution in [0.5, 0.6) is 5.75 Å². The number of benzene rings is 2. The Morgan fingerprint density at radius 3 is 2.96 bits per heavy atom. The third kappa shape index (κ3) is 3.82. The summed E-state index contributed by atoms with van der Waals surface area (Å²) in [5.41, 5.74) is 3.22. The van der Waals surface area contributed by atoms with Crippen molar-refractivity contribution in [2.75, 3.05) is 24.6 Å². The van der Waals surface area contributed by atoms with Gasteiger partial charge in [0, 0.05) is 17.3 Å². The quantitative estimate of drug-likeness (QED) is 0.845. The van der Waals surface area contributed by atoms with E-state index in [1.165, 1.54) is 5.56 Å². The van der Waals surface area contributed by atoms with E-state index >= 15 is 0 Å². The van der Waals surface area contributed by atoms with Gasteiger partial charge in [-0.25, -0.2) is 4.79 Å². The summed E-state index contributed by atoms with van der Waals surface area (Å²) >= 11 is 5.93. The normalized spacial score (nSPS) is 13.3. The second-order valence-electron chi connectivity index (χ2n) is 5.87. The Morgan fingerprint density at radius 2 is 2.12 bits per heavy atom. The van der Waals surface area contributed by atoms with E-state index < -0.39 is 0 Å². The standard InChI is InChI=1S/C19H21ClN2O2/c1-14-13-16(20)8-9-18(14)24-12-10-21-19(23)22-11-4-6-15-5-2-3-7-17(15)22/h2-3,5,7-9,13H,4,6,10-12H2,1H3,(H,21,23). The fraction of sp³-hybridized carbons (Fsp3) is 0.316. The summed E-state index contributed by atoms with van der Waals surface area (Å²) < 4.78 is 5.71. The molecule has 0 atom stereocenters. The van der Waals surface area contributed by atoms with Crippen LogP contribution in [0.2, 0.25) is 5.02 Å². The minimum absolute atomic E-state index is 0.0708. The van der Waals surface area contributed by atoms with Crippen LogP contribution < -0.4 is 15.0 Å². The number of aryl methyl sites for hydroxylation is 2. The molecule has 2 aromatic rings. The number of fused-ring (bicyclic) bond motifs is 1. The van der Waals surface area contributed by atoms with E-state index in [4.69, 9.17) is 16.3 Å². The van der Waals surface area contributed by atoms with Crippen LogP contribution in [0, 0.1) is 6.92 Å². The number of rotatable bonds is 4. The lowest BCUT2D eigenvalue weighted by atomic mass is 10.0. The van der Waals surface area contributed by atoms with Crippen LogP contribution in [0.3, 0.4) is 0 Å². The maximum atomic E-state index is 12.4. The van der Waals surface area contributed by atoms with E-state index in [1.54, 1.807) is 6.07 Å². The summed E-state index contributed by atoms with van der Waals surface area (Å²) in [6, 6.07) is 13.5. The summed E-state index contributed by atoms with van der Waals surface area (Å²) in [5, 5.41) is 3.62. The Balaban J connectivity index is 1.51. The van der Waals surface area contributed by atoms with Crippen molar-refractivity contribution in [1.29, 1.82) is 0 Å². The van der Waals surface area contributed by atoms with Crippen molar-refractivity contribution in [3.63, 3.8) is 0 Å². The van der Waals surface area contributed by atoms with E-state index in [0.717, 1.165) is 36.4 Å². The number of halogens is 1. The zero-order valence-electron chi connectivity index (χ0n) is 13.7. The van der Waals surface area contributed by atoms with Crippen molar-refractivity contribution < 1.29 is 9.53 Å². The van der Waals surface area contributed by atoms with Gasteiger partial charge in [0.1, 0.15) is 12.4 Å². The first-order chi connectivity index (χ1) is 11.6. The van der Waals surface area contributed by atoms with Gasteiger partial charge >= 0.3 is 6.03 Å². The van der Waals surface area contributed by atoms with E-state index in [-0.39, 0.29) is 6.03 Å². The molecule has 1 aliphatic heterocycles. The van der Waals surface area contributed by atoms with Gasteiger partial charge in [-0.3, -0.25) is 4.90 Å². The van der Waals surface area contributed by atoms with Crippen LogP contribution in [-0.4, -0.2) is 25.7 Å². The molecule has 0 saturated heterocycles. The number of hydrogen-bond acceptors (Lipinski definition) is 2. The summed E-state index contributed by atoms with van der Waals surface area (Å²) in [6.45, 7) is 3.58. The number of ether oxygens (including phenoxy) is 1. The van der Waals surface area contributed by atoms with E-state index in [9.17, 15) is 4.79 Å². The molecule has 3 rings (SSSR count). The average molecular weight is 345 g/mol. The number of carbonyl (C=O) groups is 1. The molecule has 1 aliphatic rings. The Labute approximate surface area is 147 Å². The fourth-order valence-corrected chi connectivity index (χ4v) is 3.16. The SMILES string of the molecule is Cc1cc(Cl)ccc1OCCNC(=O)N1CCCc2ccccc21. The smallest absolute Gasteiger partial charge is 0.321 e. The van der Waals surface area contributed by atoms with Crippen molar-refractivity contribution in [2.24, 2.45) is 0 Å². The highest BCUT2D eigenvalue weighted by molar-refractivity contribution is 6.30. The van der Waals surface area contributed by atoms with Crippen LogP contribution in [0.15, 0.2) is 42.5 Å². The number of anilines is 1. The largest absolute Gasteiger partial charge is 0.491 e. The summed E-state index contributed by atoms with van der Waals surface area (Å²) in [4.78, 5) is 14.2. The lowest BCUT2D eigenvalue weighted by Gasteiger charge is -2.29. The van der Waals surface area contributed by atoms with Gasteiger partial charge in [0.05, 0.1) is 6.54 Å². The number of urea groups is 1. The minimum atomic E-state index is -0.0708. The molecule has 5 heteroatoms. The third-order valence-corrected chi connectivity index (χ3v) is 4.36. The van der Waals surface area contributed by atoms with Gasteiger partial charge in [0.15, 0.2) is 0 Å². The van der Waals surface area contributed by atoms with Crippen LogP contribution in [0.1, 0.15) is 17.5 Å². The second-order valence-corrected chi connectivity index (χ2v) is 6.31. The molecule has 0 fully saturated rings. The summed E-state index contributed by atoms with van der Waals surface area (Å²) in [5.74, 6) is 0.789. The van der Waals surface area contributed by atoms with Gasteiger partial charge in [0.2, 0.25) is 0 Å². The molecule has 24 heavy (non-hydrogen) atoms. The lowest BCUT2D eigenvalue weighted by Crippen LogP contribution is -2.44. The van der Waals surface area contributed by atoms with E-state index in [0.29, 0.717) is 18.2 Å². The number of nitrogens with zero attached hydrogens (tertiary/aromatic N) is 1. The molecule has 0 bridgehead atoms. The lowest BCUT2D eigenvalue weighted by molar-refractivity contribution is 0.241. The van der Waals surface area contributed by atoms with E-state index in [2.05, 4.69) is 11.4 Å². The first-order valence-electron chi connectivity index (χ1n) is 8.17. The molecule has 2 amide bonds. The summed E-state index contributed by atoms with van der Waals surface area (Å²) in [6.07, 6.45) is 2.02. The number of hydrogen-bond donors (Lipinski definition) is 1.